The summed E-state index contributed by atoms with van der Waals surface area (Å²) < 4.78 is 0. The average Bonchev–Trinajstić information content (AvgIpc) is 2.57. The molecule has 2 atom stereocenters. The van der Waals surface area contributed by atoms with Crippen LogP contribution < -0.4 is 5.32 Å². The lowest BCUT2D eigenvalue weighted by Crippen LogP contribution is -2.14. The standard InChI is InChI=1S/C10H15NS/c1-10(6-8(10)7-11-2)9-4-3-5-12-9/h3-5,8,11H,6-7H2,1-2H3/t8-,10-/m1/s1. The molecule has 2 heteroatoms. The molecule has 0 saturated heterocycles. The van der Waals surface area contributed by atoms with E-state index < -0.39 is 0 Å². The summed E-state index contributed by atoms with van der Waals surface area (Å²) in [5.41, 5.74) is 0.497. The lowest BCUT2D eigenvalue weighted by Gasteiger charge is -2.07. The van der Waals surface area contributed by atoms with Crippen LogP contribution in [0.3, 0.4) is 0 Å². The molecule has 1 aromatic rings. The van der Waals surface area contributed by atoms with E-state index in [2.05, 4.69) is 29.8 Å². The molecule has 1 saturated carbocycles. The summed E-state index contributed by atoms with van der Waals surface area (Å²) in [6.45, 7) is 3.54. The SMILES string of the molecule is CNC[C@H]1C[C@@]1(C)c1cccs1. The summed E-state index contributed by atoms with van der Waals surface area (Å²) in [6.07, 6.45) is 1.36. The van der Waals surface area contributed by atoms with Crippen molar-refractivity contribution in [3.05, 3.63) is 22.4 Å². The van der Waals surface area contributed by atoms with Gasteiger partial charge in [0, 0.05) is 10.3 Å². The molecule has 2 rings (SSSR count). The fourth-order valence-electron chi connectivity index (χ4n) is 1.90. The second kappa shape index (κ2) is 2.86. The van der Waals surface area contributed by atoms with E-state index in [0.29, 0.717) is 5.41 Å². The number of rotatable bonds is 3. The first-order valence-electron chi connectivity index (χ1n) is 4.46. The van der Waals surface area contributed by atoms with Crippen molar-refractivity contribution in [1.29, 1.82) is 0 Å². The van der Waals surface area contributed by atoms with Gasteiger partial charge >= 0.3 is 0 Å². The molecule has 66 valence electrons. The average molecular weight is 181 g/mol. The van der Waals surface area contributed by atoms with Gasteiger partial charge in [-0.05, 0) is 37.4 Å². The largest absolute Gasteiger partial charge is 0.319 e. The number of thiophene rings is 1. The minimum atomic E-state index is 0.497. The topological polar surface area (TPSA) is 12.0 Å². The Hall–Kier alpha value is -0.340. The van der Waals surface area contributed by atoms with Crippen LogP contribution in [0.5, 0.6) is 0 Å². The molecular formula is C10H15NS. The molecule has 1 nitrogen and oxygen atoms in total. The zero-order chi connectivity index (χ0) is 8.60. The van der Waals surface area contributed by atoms with Crippen LogP contribution in [0.1, 0.15) is 18.2 Å². The molecule has 1 aliphatic rings. The Balaban J connectivity index is 2.07. The van der Waals surface area contributed by atoms with E-state index in [1.54, 1.807) is 4.88 Å². The van der Waals surface area contributed by atoms with E-state index in [4.69, 9.17) is 0 Å². The first-order valence-corrected chi connectivity index (χ1v) is 5.34. The van der Waals surface area contributed by atoms with Gasteiger partial charge in [0.05, 0.1) is 0 Å². The Bertz CT molecular complexity index is 255. The predicted octanol–water partition coefficient (Wildman–Crippen LogP) is 2.25. The molecule has 12 heavy (non-hydrogen) atoms. The van der Waals surface area contributed by atoms with Gasteiger partial charge in [-0.25, -0.2) is 0 Å². The Labute approximate surface area is 77.8 Å². The second-order valence-corrected chi connectivity index (χ2v) is 4.80. The van der Waals surface area contributed by atoms with Gasteiger partial charge in [0.15, 0.2) is 0 Å². The van der Waals surface area contributed by atoms with Gasteiger partial charge < -0.3 is 5.32 Å². The van der Waals surface area contributed by atoms with Crippen LogP contribution >= 0.6 is 11.3 Å². The van der Waals surface area contributed by atoms with Gasteiger partial charge in [-0.2, -0.15) is 0 Å². The molecule has 1 aliphatic carbocycles. The summed E-state index contributed by atoms with van der Waals surface area (Å²) in [7, 11) is 2.03. The maximum Gasteiger partial charge on any atom is 0.0108 e. The van der Waals surface area contributed by atoms with Crippen LogP contribution in [0.25, 0.3) is 0 Å². The van der Waals surface area contributed by atoms with Crippen LogP contribution in [-0.2, 0) is 5.41 Å². The minimum absolute atomic E-state index is 0.497. The zero-order valence-electron chi connectivity index (χ0n) is 7.63. The van der Waals surface area contributed by atoms with Crippen molar-refractivity contribution in [2.45, 2.75) is 18.8 Å². The Kier molecular flexibility index (Phi) is 1.97. The number of hydrogen-bond acceptors (Lipinski definition) is 2. The van der Waals surface area contributed by atoms with Crippen molar-refractivity contribution in [3.63, 3.8) is 0 Å². The third kappa shape index (κ3) is 1.19. The summed E-state index contributed by atoms with van der Waals surface area (Å²) >= 11 is 1.89. The smallest absolute Gasteiger partial charge is 0.0108 e. The Morgan fingerprint density at radius 2 is 2.58 bits per heavy atom. The number of nitrogens with one attached hydrogen (secondary N) is 1. The van der Waals surface area contributed by atoms with Gasteiger partial charge in [-0.15, -0.1) is 11.3 Å². The van der Waals surface area contributed by atoms with E-state index in [-0.39, 0.29) is 0 Å². The molecule has 0 aromatic carbocycles. The monoisotopic (exact) mass is 181 g/mol. The Morgan fingerprint density at radius 3 is 3.17 bits per heavy atom. The van der Waals surface area contributed by atoms with Crippen LogP contribution in [-0.4, -0.2) is 13.6 Å². The van der Waals surface area contributed by atoms with Gasteiger partial charge in [0.2, 0.25) is 0 Å². The van der Waals surface area contributed by atoms with Crippen LogP contribution in [0, 0.1) is 5.92 Å². The van der Waals surface area contributed by atoms with Gasteiger partial charge in [-0.1, -0.05) is 13.0 Å². The molecular weight excluding hydrogens is 166 g/mol. The second-order valence-electron chi connectivity index (χ2n) is 3.85. The van der Waals surface area contributed by atoms with Crippen molar-refractivity contribution in [1.82, 2.24) is 5.32 Å². The molecule has 0 amide bonds. The molecule has 0 aliphatic heterocycles. The van der Waals surface area contributed by atoms with E-state index in [1.807, 2.05) is 18.4 Å². The summed E-state index contributed by atoms with van der Waals surface area (Å²) in [4.78, 5) is 1.56. The highest BCUT2D eigenvalue weighted by Crippen LogP contribution is 2.54. The normalized spacial score (nSPS) is 33.7. The molecule has 0 spiro atoms. The summed E-state index contributed by atoms with van der Waals surface area (Å²) in [5, 5.41) is 5.43. The van der Waals surface area contributed by atoms with E-state index >= 15 is 0 Å². The quantitative estimate of drug-likeness (QED) is 0.754. The first-order chi connectivity index (χ1) is 5.77. The molecule has 1 aromatic heterocycles. The highest BCUT2D eigenvalue weighted by Gasteiger charge is 2.51. The van der Waals surface area contributed by atoms with Gasteiger partial charge in [0.25, 0.3) is 0 Å². The third-order valence-corrected chi connectivity index (χ3v) is 4.10. The maximum absolute atomic E-state index is 3.25. The van der Waals surface area contributed by atoms with Gasteiger partial charge in [0.1, 0.15) is 0 Å². The summed E-state index contributed by atoms with van der Waals surface area (Å²) in [5.74, 6) is 0.862. The zero-order valence-corrected chi connectivity index (χ0v) is 8.45. The first kappa shape index (κ1) is 8.27. The van der Waals surface area contributed by atoms with Crippen molar-refractivity contribution >= 4 is 11.3 Å². The molecule has 1 fully saturated rings. The molecule has 0 bridgehead atoms. The van der Waals surface area contributed by atoms with Crippen molar-refractivity contribution in [3.8, 4) is 0 Å². The highest BCUT2D eigenvalue weighted by atomic mass is 32.1. The lowest BCUT2D eigenvalue weighted by molar-refractivity contribution is 0.624. The minimum Gasteiger partial charge on any atom is -0.319 e. The molecule has 1 N–H and O–H groups in total. The van der Waals surface area contributed by atoms with Crippen LogP contribution in [0.4, 0.5) is 0 Å². The fourth-order valence-corrected chi connectivity index (χ4v) is 2.88. The third-order valence-electron chi connectivity index (χ3n) is 2.95. The Morgan fingerprint density at radius 1 is 1.75 bits per heavy atom. The molecule has 1 heterocycles. The van der Waals surface area contributed by atoms with E-state index in [1.165, 1.54) is 6.42 Å². The van der Waals surface area contributed by atoms with Crippen LogP contribution in [0.2, 0.25) is 0 Å². The summed E-state index contributed by atoms with van der Waals surface area (Å²) in [6, 6.07) is 4.42. The molecule has 0 radical (unpaired) electrons. The van der Waals surface area contributed by atoms with E-state index in [0.717, 1.165) is 12.5 Å². The van der Waals surface area contributed by atoms with E-state index in [9.17, 15) is 0 Å². The maximum atomic E-state index is 3.25. The molecule has 0 unspecified atom stereocenters. The number of hydrogen-bond donors (Lipinski definition) is 1. The van der Waals surface area contributed by atoms with Gasteiger partial charge in [-0.3, -0.25) is 0 Å². The van der Waals surface area contributed by atoms with Crippen molar-refractivity contribution in [2.75, 3.05) is 13.6 Å². The predicted molar refractivity (Wildman–Crippen MR) is 53.7 cm³/mol. The van der Waals surface area contributed by atoms with Crippen LogP contribution in [0.15, 0.2) is 17.5 Å². The lowest BCUT2D eigenvalue weighted by atomic mass is 10.0. The van der Waals surface area contributed by atoms with Crippen molar-refractivity contribution < 1.29 is 0 Å². The fraction of sp³-hybridized carbons (Fsp3) is 0.600. The highest BCUT2D eigenvalue weighted by molar-refractivity contribution is 7.10. The van der Waals surface area contributed by atoms with Crippen molar-refractivity contribution in [2.24, 2.45) is 5.92 Å².